The van der Waals surface area contributed by atoms with Crippen LogP contribution in [0.15, 0.2) is 76.2 Å². The van der Waals surface area contributed by atoms with Gasteiger partial charge in [-0.25, -0.2) is 8.42 Å². The molecule has 0 aliphatic carbocycles. The molecule has 0 saturated heterocycles. The van der Waals surface area contributed by atoms with Crippen molar-refractivity contribution in [2.24, 2.45) is 7.05 Å². The van der Waals surface area contributed by atoms with E-state index in [0.717, 1.165) is 5.56 Å². The summed E-state index contributed by atoms with van der Waals surface area (Å²) in [5, 5.41) is 14.3. The summed E-state index contributed by atoms with van der Waals surface area (Å²) < 4.78 is 33.9. The third-order valence-electron chi connectivity index (χ3n) is 4.65. The molecule has 32 heavy (non-hydrogen) atoms. The normalized spacial score (nSPS) is 11.6. The van der Waals surface area contributed by atoms with Crippen LogP contribution in [0, 0.1) is 0 Å². The molecule has 2 aromatic heterocycles. The van der Waals surface area contributed by atoms with Crippen LogP contribution in [0.4, 0.5) is 6.01 Å². The maximum atomic E-state index is 12.8. The van der Waals surface area contributed by atoms with Gasteiger partial charge in [0.15, 0.2) is 0 Å². The lowest BCUT2D eigenvalue weighted by Gasteiger charge is -2.17. The minimum absolute atomic E-state index is 0.0858. The molecule has 0 saturated carbocycles. The molecule has 2 heterocycles. The third kappa shape index (κ3) is 4.58. The maximum Gasteiger partial charge on any atom is 0.322 e. The molecule has 0 atom stereocenters. The number of benzene rings is 2. The number of carbonyl (C=O) groups excluding carboxylic acids is 1. The average Bonchev–Trinajstić information content (AvgIpc) is 3.43. The number of anilines is 1. The zero-order chi connectivity index (χ0) is 22.7. The van der Waals surface area contributed by atoms with Crippen LogP contribution in [0.25, 0.3) is 11.6 Å². The molecule has 0 spiro atoms. The number of carbonyl (C=O) groups is 1. The van der Waals surface area contributed by atoms with Crippen molar-refractivity contribution in [1.29, 1.82) is 0 Å². The SMILES string of the molecule is CN(Cc1ccccc1)S(=O)(=O)c1ccc(C(=O)Nc2nnc(-c3ccn(C)n3)o2)cc1. The fourth-order valence-corrected chi connectivity index (χ4v) is 4.12. The topological polar surface area (TPSA) is 123 Å². The average molecular weight is 452 g/mol. The van der Waals surface area contributed by atoms with E-state index in [-0.39, 0.29) is 28.9 Å². The van der Waals surface area contributed by atoms with Gasteiger partial charge >= 0.3 is 6.01 Å². The molecule has 0 fully saturated rings. The Kier molecular flexibility index (Phi) is 5.84. The van der Waals surface area contributed by atoms with Crippen molar-refractivity contribution in [1.82, 2.24) is 24.3 Å². The van der Waals surface area contributed by atoms with Gasteiger partial charge in [-0.3, -0.25) is 14.8 Å². The van der Waals surface area contributed by atoms with Crippen molar-refractivity contribution < 1.29 is 17.6 Å². The predicted molar refractivity (Wildman–Crippen MR) is 116 cm³/mol. The summed E-state index contributed by atoms with van der Waals surface area (Å²) in [4.78, 5) is 12.6. The molecule has 0 bridgehead atoms. The fourth-order valence-electron chi connectivity index (χ4n) is 2.96. The molecule has 4 aromatic rings. The monoisotopic (exact) mass is 452 g/mol. The Bertz CT molecular complexity index is 1330. The van der Waals surface area contributed by atoms with Crippen LogP contribution in [0.5, 0.6) is 0 Å². The Labute approximate surface area is 184 Å². The molecule has 4 rings (SSSR count). The van der Waals surface area contributed by atoms with Gasteiger partial charge in [-0.1, -0.05) is 35.4 Å². The molecule has 0 radical (unpaired) electrons. The zero-order valence-corrected chi connectivity index (χ0v) is 18.2. The summed E-state index contributed by atoms with van der Waals surface area (Å²) in [6.45, 7) is 0.237. The first-order valence-electron chi connectivity index (χ1n) is 9.58. The number of sulfonamides is 1. The molecule has 0 aliphatic rings. The lowest BCUT2D eigenvalue weighted by molar-refractivity contribution is 0.102. The Morgan fingerprint density at radius 3 is 2.44 bits per heavy atom. The first-order chi connectivity index (χ1) is 15.3. The quantitative estimate of drug-likeness (QED) is 0.457. The van der Waals surface area contributed by atoms with Gasteiger partial charge in [-0.05, 0) is 35.9 Å². The van der Waals surface area contributed by atoms with E-state index in [0.29, 0.717) is 5.69 Å². The summed E-state index contributed by atoms with van der Waals surface area (Å²) in [6, 6.07) is 16.5. The number of rotatable bonds is 7. The zero-order valence-electron chi connectivity index (χ0n) is 17.3. The second-order valence-corrected chi connectivity index (χ2v) is 9.06. The number of nitrogens with zero attached hydrogens (tertiary/aromatic N) is 5. The largest absolute Gasteiger partial charge is 0.401 e. The van der Waals surface area contributed by atoms with Crippen molar-refractivity contribution in [2.45, 2.75) is 11.4 Å². The Hall–Kier alpha value is -3.83. The Morgan fingerprint density at radius 1 is 1.06 bits per heavy atom. The predicted octanol–water partition coefficient (Wildman–Crippen LogP) is 2.54. The van der Waals surface area contributed by atoms with Gasteiger partial charge in [-0.15, -0.1) is 5.10 Å². The maximum absolute atomic E-state index is 12.8. The van der Waals surface area contributed by atoms with E-state index in [4.69, 9.17) is 4.42 Å². The van der Waals surface area contributed by atoms with Crippen molar-refractivity contribution >= 4 is 21.9 Å². The van der Waals surface area contributed by atoms with E-state index >= 15 is 0 Å². The molecule has 164 valence electrons. The summed E-state index contributed by atoms with van der Waals surface area (Å²) >= 11 is 0. The summed E-state index contributed by atoms with van der Waals surface area (Å²) in [7, 11) is -0.445. The number of hydrogen-bond donors (Lipinski definition) is 1. The fraction of sp³-hybridized carbons (Fsp3) is 0.143. The molecular formula is C21H20N6O4S. The lowest BCUT2D eigenvalue weighted by atomic mass is 10.2. The molecule has 0 aliphatic heterocycles. The van der Waals surface area contributed by atoms with Crippen LogP contribution in [-0.4, -0.2) is 45.7 Å². The summed E-state index contributed by atoms with van der Waals surface area (Å²) in [5.41, 5.74) is 1.60. The Balaban J connectivity index is 1.43. The van der Waals surface area contributed by atoms with E-state index in [1.807, 2.05) is 30.3 Å². The van der Waals surface area contributed by atoms with E-state index in [1.165, 1.54) is 35.6 Å². The molecular weight excluding hydrogens is 432 g/mol. The first-order valence-corrected chi connectivity index (χ1v) is 11.0. The summed E-state index contributed by atoms with van der Waals surface area (Å²) in [5.74, 6) is -0.341. The highest BCUT2D eigenvalue weighted by Gasteiger charge is 2.22. The van der Waals surface area contributed by atoms with Crippen molar-refractivity contribution in [2.75, 3.05) is 12.4 Å². The minimum atomic E-state index is -3.71. The van der Waals surface area contributed by atoms with Crippen molar-refractivity contribution in [3.8, 4) is 11.6 Å². The van der Waals surface area contributed by atoms with Gasteiger partial charge in [0.1, 0.15) is 5.69 Å². The lowest BCUT2D eigenvalue weighted by Crippen LogP contribution is -2.26. The van der Waals surface area contributed by atoms with Gasteiger partial charge in [0, 0.05) is 32.4 Å². The second-order valence-electron chi connectivity index (χ2n) is 7.01. The van der Waals surface area contributed by atoms with Crippen molar-refractivity contribution in [3.63, 3.8) is 0 Å². The highest BCUT2D eigenvalue weighted by Crippen LogP contribution is 2.20. The van der Waals surface area contributed by atoms with Crippen LogP contribution in [0.2, 0.25) is 0 Å². The number of amides is 1. The van der Waals surface area contributed by atoms with Crippen LogP contribution >= 0.6 is 0 Å². The Morgan fingerprint density at radius 2 is 1.78 bits per heavy atom. The molecule has 1 N–H and O–H groups in total. The smallest absolute Gasteiger partial charge is 0.322 e. The number of nitrogens with one attached hydrogen (secondary N) is 1. The van der Waals surface area contributed by atoms with Crippen LogP contribution < -0.4 is 5.32 Å². The molecule has 1 amide bonds. The van der Waals surface area contributed by atoms with Gasteiger partial charge in [0.05, 0.1) is 4.90 Å². The van der Waals surface area contributed by atoms with Gasteiger partial charge in [-0.2, -0.15) is 9.40 Å². The van der Waals surface area contributed by atoms with Crippen LogP contribution in [-0.2, 0) is 23.6 Å². The van der Waals surface area contributed by atoms with E-state index in [9.17, 15) is 13.2 Å². The number of aromatic nitrogens is 4. The highest BCUT2D eigenvalue weighted by molar-refractivity contribution is 7.89. The summed E-state index contributed by atoms with van der Waals surface area (Å²) in [6.07, 6.45) is 1.73. The standard InChI is InChI=1S/C21H20N6O4S/c1-26-13-12-18(25-26)20-23-24-21(31-20)22-19(28)16-8-10-17(11-9-16)32(29,30)27(2)14-15-6-4-3-5-7-15/h3-13H,14H2,1-2H3,(H,22,24,28). The number of aryl methyl sites for hydroxylation is 1. The van der Waals surface area contributed by atoms with Crippen molar-refractivity contribution in [3.05, 3.63) is 78.0 Å². The molecule has 11 heteroatoms. The third-order valence-corrected chi connectivity index (χ3v) is 6.47. The van der Waals surface area contributed by atoms with Gasteiger partial charge in [0.2, 0.25) is 10.0 Å². The van der Waals surface area contributed by atoms with E-state index in [1.54, 1.807) is 24.0 Å². The highest BCUT2D eigenvalue weighted by atomic mass is 32.2. The minimum Gasteiger partial charge on any atom is -0.401 e. The second kappa shape index (κ2) is 8.73. The first kappa shape index (κ1) is 21.4. The van der Waals surface area contributed by atoms with Crippen LogP contribution in [0.1, 0.15) is 15.9 Å². The van der Waals surface area contributed by atoms with E-state index in [2.05, 4.69) is 20.6 Å². The number of hydrogen-bond acceptors (Lipinski definition) is 7. The molecule has 0 unspecified atom stereocenters. The molecule has 10 nitrogen and oxygen atoms in total. The van der Waals surface area contributed by atoms with Gasteiger partial charge in [0.25, 0.3) is 11.8 Å². The van der Waals surface area contributed by atoms with Gasteiger partial charge < -0.3 is 4.42 Å². The van der Waals surface area contributed by atoms with Crippen LogP contribution in [0.3, 0.4) is 0 Å². The molecule has 2 aromatic carbocycles. The van der Waals surface area contributed by atoms with E-state index < -0.39 is 15.9 Å².